The second-order valence-corrected chi connectivity index (χ2v) is 36.4. The van der Waals surface area contributed by atoms with E-state index in [4.69, 9.17) is 52.1 Å². The average molecular weight is 1910 g/mol. The molecule has 8 aliphatic heterocycles. The van der Waals surface area contributed by atoms with E-state index >= 15 is 0 Å². The van der Waals surface area contributed by atoms with Gasteiger partial charge in [0, 0.05) is 240 Å². The minimum Gasteiger partial charge on any atom is -0.388 e. The molecule has 0 radical (unpaired) electrons. The number of aryl methyl sites for hydroxylation is 2. The number of nitriles is 2. The van der Waals surface area contributed by atoms with Crippen LogP contribution in [0.2, 0.25) is 0 Å². The summed E-state index contributed by atoms with van der Waals surface area (Å²) < 4.78 is 19.6. The van der Waals surface area contributed by atoms with Crippen LogP contribution in [0.25, 0.3) is 0 Å². The number of morpholine rings is 1. The number of piperidine rings is 2. The molecular formula is C95H200N34O4S. The van der Waals surface area contributed by atoms with Gasteiger partial charge in [0.05, 0.1) is 71.1 Å². The maximum absolute atomic E-state index is 8.51. The van der Waals surface area contributed by atoms with Gasteiger partial charge < -0.3 is 142 Å². The number of thiophene rings is 1. The lowest BCUT2D eigenvalue weighted by atomic mass is 10.1. The van der Waals surface area contributed by atoms with Crippen molar-refractivity contribution in [1.82, 2.24) is 110 Å². The second-order valence-electron chi connectivity index (χ2n) is 35.2. The summed E-state index contributed by atoms with van der Waals surface area (Å²) in [7, 11) is 49.6. The Kier molecular flexibility index (Phi) is 92.3. The molecular weight excluding hydrogens is 1710 g/mol. The first-order chi connectivity index (χ1) is 64.0. The van der Waals surface area contributed by atoms with Crippen LogP contribution < -0.4 is 49.1 Å². The number of benzene rings is 1. The fourth-order valence-electron chi connectivity index (χ4n) is 12.1. The smallest absolute Gasteiger partial charge is 0.211 e. The summed E-state index contributed by atoms with van der Waals surface area (Å²) in [5.74, 6) is 5.28. The first-order valence-corrected chi connectivity index (χ1v) is 49.1. The number of guanidine groups is 5. The maximum atomic E-state index is 8.51. The molecule has 8 aliphatic rings. The summed E-state index contributed by atoms with van der Waals surface area (Å²) in [4.78, 5) is 60.8. The summed E-state index contributed by atoms with van der Waals surface area (Å²) in [6, 6.07) is 14.8. The quantitative estimate of drug-likeness (QED) is 0.0224. The molecule has 780 valence electrons. The molecule has 39 heteroatoms. The molecule has 9 heterocycles. The van der Waals surface area contributed by atoms with Crippen molar-refractivity contribution in [2.45, 2.75) is 91.0 Å². The van der Waals surface area contributed by atoms with Crippen LogP contribution in [0.4, 0.5) is 0 Å². The molecule has 0 saturated carbocycles. The van der Waals surface area contributed by atoms with Gasteiger partial charge in [-0.25, -0.2) is 0 Å². The van der Waals surface area contributed by atoms with E-state index in [2.05, 4.69) is 242 Å². The van der Waals surface area contributed by atoms with Gasteiger partial charge in [0.25, 0.3) is 0 Å². The zero-order chi connectivity index (χ0) is 101. The summed E-state index contributed by atoms with van der Waals surface area (Å²) in [6.45, 7) is 44.4. The van der Waals surface area contributed by atoms with E-state index < -0.39 is 0 Å². The number of methoxy groups -OCH3 is 2. The van der Waals surface area contributed by atoms with E-state index in [-0.39, 0.29) is 5.84 Å². The number of rotatable bonds is 31. The van der Waals surface area contributed by atoms with Crippen LogP contribution in [0.3, 0.4) is 0 Å². The number of amidine groups is 2. The molecule has 10 rings (SSSR count). The fraction of sp³-hybridized carbons (Fsp3) is 0.800. The molecule has 38 nitrogen and oxygen atoms in total. The van der Waals surface area contributed by atoms with E-state index in [0.29, 0.717) is 37.7 Å². The molecule has 0 bridgehead atoms. The van der Waals surface area contributed by atoms with Gasteiger partial charge in [-0.05, 0) is 208 Å². The zero-order valence-corrected chi connectivity index (χ0v) is 90.8. The van der Waals surface area contributed by atoms with Crippen LogP contribution in [0.5, 0.6) is 0 Å². The van der Waals surface area contributed by atoms with E-state index in [1.54, 1.807) is 36.6 Å². The van der Waals surface area contributed by atoms with Crippen molar-refractivity contribution in [2.75, 3.05) is 419 Å². The molecule has 5 fully saturated rings. The summed E-state index contributed by atoms with van der Waals surface area (Å²) in [5, 5.41) is 44.0. The van der Waals surface area contributed by atoms with Crippen molar-refractivity contribution < 1.29 is 18.9 Å². The topological polar surface area (TPSA) is 385 Å². The SMILES string of the molecule is CC(=N)N.CN(C)CCN(C)C(=NC#N)N(C)C.CN(C)CCN1CCCC1.CN(C)CCN1CCCCC1.CN(C)CCN1CCCCC1.CN(C)CCN1CCOCC1.CNCCN(C)C1=NCCN1.CNCCN(C)C1=NCCN1C.CNCCNC1=NCCN1.COCCCC(=NC#N)N(C)C.COCCN=C(N)N(C)C.Cc1ccccc1.Cc1cccs1.NC1COC1. The van der Waals surface area contributed by atoms with Crippen LogP contribution in [-0.4, -0.2) is 545 Å². The second kappa shape index (κ2) is 93.2. The molecule has 2 aromatic rings. The number of nitrogens with two attached hydrogens (primary N) is 3. The van der Waals surface area contributed by atoms with Gasteiger partial charge in [0.2, 0.25) is 18.3 Å². The third-order valence-corrected chi connectivity index (χ3v) is 21.1. The van der Waals surface area contributed by atoms with Crippen molar-refractivity contribution in [2.24, 2.45) is 47.2 Å². The third kappa shape index (κ3) is 88.5. The lowest BCUT2D eigenvalue weighted by Crippen LogP contribution is -2.41. The lowest BCUT2D eigenvalue weighted by molar-refractivity contribution is 0.0121. The van der Waals surface area contributed by atoms with E-state index in [9.17, 15) is 0 Å². The van der Waals surface area contributed by atoms with Crippen LogP contribution in [0.15, 0.2) is 77.8 Å². The number of hydrogen-bond donors (Lipinski definition) is 10. The number of hydrogen-bond acceptors (Lipinski definition) is 33. The lowest BCUT2D eigenvalue weighted by Gasteiger charge is -2.27. The van der Waals surface area contributed by atoms with E-state index in [0.717, 1.165) is 174 Å². The van der Waals surface area contributed by atoms with E-state index in [1.807, 2.05) is 124 Å². The largest absolute Gasteiger partial charge is 0.388 e. The number of likely N-dealkylation sites (tertiary alicyclic amines) is 3. The summed E-state index contributed by atoms with van der Waals surface area (Å²) in [6.07, 6.45) is 16.6. The molecule has 5 saturated heterocycles. The van der Waals surface area contributed by atoms with Gasteiger partial charge in [-0.3, -0.25) is 30.3 Å². The number of nitrogens with zero attached hydrogens (tertiary/aromatic N) is 24. The normalized spacial score (nSPS) is 15.8. The van der Waals surface area contributed by atoms with Crippen LogP contribution in [0.1, 0.15) is 81.6 Å². The highest BCUT2D eigenvalue weighted by molar-refractivity contribution is 7.09. The van der Waals surface area contributed by atoms with E-state index in [1.165, 1.54) is 154 Å². The Morgan fingerprint density at radius 3 is 1.33 bits per heavy atom. The number of aliphatic imine (C=N–C) groups is 6. The van der Waals surface area contributed by atoms with Gasteiger partial charge in [-0.2, -0.15) is 15.5 Å². The van der Waals surface area contributed by atoms with Gasteiger partial charge in [0.1, 0.15) is 5.84 Å². The van der Waals surface area contributed by atoms with Gasteiger partial charge in [-0.1, -0.05) is 54.8 Å². The maximum Gasteiger partial charge on any atom is 0.211 e. The standard InChI is InChI=1S/C9H19N5.2C9H20N2.C8H18N4.C8H15N3O.C8H18N2O.C8H18N2.C7H16N4.C7H8.C6H14N4.C6H15N3O.C5H6S.C3H7NO.C2H6N2/c1-12(2)6-7-14(5)9(11-8-10)13(3)4;2*1-10(2)8-9-11-6-4-3-5-7-11;1-9-4-6-11(2)8-10-5-7-12(8)3;1-11(2)8(10-7-9)5-4-6-12-3;1-9(2)3-4-10-5-7-11-8-6-10;1-9(2)7-8-10-5-3-4-6-10;1-8-5-6-11(2)7-9-3-4-10-7;1-7-5-3-2-4-6-7;1-7-2-3-8-6-9-4-5-10-6;1-9(2)6(7)8-4-5-10-3;1-5-3-2-4-6-5;4-3-1-5-2-3;1-2(3)4/h6-7H2,1-5H3;2*3-9H2,1-2H3;9H,4-7H2,1-3H3;4-6H2,1-3H3;3-8H2,1-2H3;3-8H2,1-2H3;8H,3-6H2,1-2H3,(H,9,10);2-6H,1H3;7H,2-5H2,1H3,(H2,8,9,10);4-5H2,1-3H3,(H2,7,8);2-4H,1H3;3H,1-2,4H2;1H3,(H3,3,4). The van der Waals surface area contributed by atoms with Crippen molar-refractivity contribution in [3.8, 4) is 12.4 Å². The van der Waals surface area contributed by atoms with Gasteiger partial charge in [-0.15, -0.1) is 16.3 Å². The predicted octanol–water partition coefficient (Wildman–Crippen LogP) is 3.46. The average Bonchev–Trinajstić information content (AvgIpc) is 1.74. The summed E-state index contributed by atoms with van der Waals surface area (Å²) in [5.41, 5.74) is 16.7. The Hall–Kier alpha value is -7.49. The van der Waals surface area contributed by atoms with Crippen LogP contribution in [0, 0.1) is 42.2 Å². The molecule has 13 N–H and O–H groups in total. The molecule has 0 spiro atoms. The molecule has 1 aromatic heterocycles. The number of ether oxygens (including phenoxy) is 4. The van der Waals surface area contributed by atoms with Gasteiger partial charge >= 0.3 is 0 Å². The van der Waals surface area contributed by atoms with Crippen molar-refractivity contribution in [3.05, 3.63) is 58.3 Å². The molecule has 0 unspecified atom stereocenters. The van der Waals surface area contributed by atoms with Crippen LogP contribution in [-0.2, 0) is 18.9 Å². The first-order valence-electron chi connectivity index (χ1n) is 48.2. The molecule has 1 aromatic carbocycles. The molecule has 0 aliphatic carbocycles. The fourth-order valence-corrected chi connectivity index (χ4v) is 12.6. The highest BCUT2D eigenvalue weighted by atomic mass is 32.1. The van der Waals surface area contributed by atoms with Crippen molar-refractivity contribution in [3.63, 3.8) is 0 Å². The Morgan fingerprint density at radius 1 is 0.537 bits per heavy atom. The van der Waals surface area contributed by atoms with Gasteiger partial charge in [0.15, 0.2) is 23.8 Å². The Morgan fingerprint density at radius 2 is 0.993 bits per heavy atom. The van der Waals surface area contributed by atoms with Crippen molar-refractivity contribution >= 4 is 52.8 Å². The number of likely N-dealkylation sites (N-methyl/N-ethyl adjacent to an activating group) is 12. The first kappa shape index (κ1) is 133. The minimum absolute atomic E-state index is 0.167. The monoisotopic (exact) mass is 1910 g/mol. The highest BCUT2D eigenvalue weighted by Crippen LogP contribution is 2.11. The third-order valence-electron chi connectivity index (χ3n) is 20.3. The Bertz CT molecular complexity index is 3140. The van der Waals surface area contributed by atoms with Crippen molar-refractivity contribution in [1.29, 1.82) is 15.9 Å². The number of nitrogens with one attached hydrogen (secondary N) is 7. The highest BCUT2D eigenvalue weighted by Gasteiger charge is 2.18. The zero-order valence-electron chi connectivity index (χ0n) is 89.9. The van der Waals surface area contributed by atoms with Crippen LogP contribution >= 0.6 is 11.3 Å². The summed E-state index contributed by atoms with van der Waals surface area (Å²) >= 11 is 1.78. The Balaban J connectivity index is -0.000000684. The molecule has 134 heavy (non-hydrogen) atoms. The molecule has 0 atom stereocenters. The molecule has 0 amide bonds. The Labute approximate surface area is 821 Å². The minimum atomic E-state index is 0.167. The predicted molar refractivity (Wildman–Crippen MR) is 573 cm³/mol.